The van der Waals surface area contributed by atoms with Crippen molar-refractivity contribution in [3.05, 3.63) is 35.4 Å². The molecule has 1 heterocycles. The van der Waals surface area contributed by atoms with Crippen LogP contribution in [0.15, 0.2) is 24.3 Å². The van der Waals surface area contributed by atoms with Gasteiger partial charge in [0.15, 0.2) is 0 Å². The molecule has 1 atom stereocenters. The second kappa shape index (κ2) is 6.22. The molecule has 0 radical (unpaired) electrons. The summed E-state index contributed by atoms with van der Waals surface area (Å²) in [5.74, 6) is -0.0864. The lowest BCUT2D eigenvalue weighted by Crippen LogP contribution is -2.40. The zero-order chi connectivity index (χ0) is 14.6. The van der Waals surface area contributed by atoms with E-state index in [0.29, 0.717) is 24.3 Å². The summed E-state index contributed by atoms with van der Waals surface area (Å²) >= 11 is 0. The minimum atomic E-state index is -3.40. The fourth-order valence-electron chi connectivity index (χ4n) is 2.33. The zero-order valence-electron chi connectivity index (χ0n) is 11.6. The molecule has 1 aliphatic heterocycles. The number of aliphatic hydroxyl groups is 1. The summed E-state index contributed by atoms with van der Waals surface area (Å²) in [4.78, 5) is 0. The van der Waals surface area contributed by atoms with Crippen LogP contribution in [0, 0.1) is 0 Å². The number of sulfonamides is 1. The maximum atomic E-state index is 12.1. The molecular weight excluding hydrogens is 278 g/mol. The lowest BCUT2D eigenvalue weighted by Gasteiger charge is -2.23. The van der Waals surface area contributed by atoms with Crippen LogP contribution in [0.2, 0.25) is 0 Å². The van der Waals surface area contributed by atoms with Crippen molar-refractivity contribution in [3.8, 4) is 0 Å². The maximum Gasteiger partial charge on any atom is 0.215 e. The smallest absolute Gasteiger partial charge is 0.215 e. The summed E-state index contributed by atoms with van der Waals surface area (Å²) in [6.07, 6.45) is 1.84. The first kappa shape index (κ1) is 15.4. The van der Waals surface area contributed by atoms with Crippen LogP contribution in [0.5, 0.6) is 0 Å². The molecule has 5 nitrogen and oxygen atoms in total. The number of benzene rings is 1. The molecule has 0 saturated carbocycles. The third-order valence-electron chi connectivity index (χ3n) is 3.50. The van der Waals surface area contributed by atoms with Crippen LogP contribution >= 0.6 is 0 Å². The number of rotatable bonds is 6. The first-order valence-electron chi connectivity index (χ1n) is 6.72. The van der Waals surface area contributed by atoms with Crippen molar-refractivity contribution in [2.75, 3.05) is 13.2 Å². The Labute approximate surface area is 120 Å². The summed E-state index contributed by atoms with van der Waals surface area (Å²) in [6.45, 7) is 2.83. The van der Waals surface area contributed by atoms with Gasteiger partial charge in [0, 0.05) is 13.2 Å². The van der Waals surface area contributed by atoms with E-state index in [1.54, 1.807) is 24.3 Å². The monoisotopic (exact) mass is 299 g/mol. The average molecular weight is 299 g/mol. The predicted octanol–water partition coefficient (Wildman–Crippen LogP) is 1.17. The topological polar surface area (TPSA) is 75.6 Å². The molecular formula is C14H21NO4S. The lowest BCUT2D eigenvalue weighted by atomic mass is 10.0. The molecule has 1 aliphatic rings. The van der Waals surface area contributed by atoms with Gasteiger partial charge in [0.25, 0.3) is 0 Å². The van der Waals surface area contributed by atoms with Crippen LogP contribution in [0.25, 0.3) is 0 Å². The molecule has 1 saturated heterocycles. The zero-order valence-corrected chi connectivity index (χ0v) is 12.4. The van der Waals surface area contributed by atoms with Gasteiger partial charge in [-0.15, -0.1) is 0 Å². The van der Waals surface area contributed by atoms with Crippen molar-refractivity contribution in [2.24, 2.45) is 0 Å². The van der Waals surface area contributed by atoms with Gasteiger partial charge >= 0.3 is 0 Å². The molecule has 0 amide bonds. The second-order valence-corrected chi connectivity index (χ2v) is 7.27. The van der Waals surface area contributed by atoms with Gasteiger partial charge in [-0.25, -0.2) is 13.1 Å². The number of ether oxygens (including phenoxy) is 1. The minimum absolute atomic E-state index is 0.0864. The highest BCUT2D eigenvalue weighted by Crippen LogP contribution is 2.24. The largest absolute Gasteiger partial charge is 0.392 e. The molecule has 2 N–H and O–H groups in total. The molecule has 1 fully saturated rings. The standard InChI is InChI=1S/C14H21NO4S/c1-14(6-3-7-19-14)11-15-20(17,18)10-13-5-2-4-12(8-13)9-16/h2,4-5,8,15-16H,3,6-7,9-11H2,1H3. The fraction of sp³-hybridized carbons (Fsp3) is 0.571. The molecule has 2 rings (SSSR count). The summed E-state index contributed by atoms with van der Waals surface area (Å²) in [6, 6.07) is 6.95. The molecule has 0 aliphatic carbocycles. The third kappa shape index (κ3) is 4.28. The van der Waals surface area contributed by atoms with Crippen LogP contribution in [0.4, 0.5) is 0 Å². The molecule has 1 aromatic rings. The second-order valence-electron chi connectivity index (χ2n) is 5.46. The van der Waals surface area contributed by atoms with Gasteiger partial charge in [-0.3, -0.25) is 0 Å². The van der Waals surface area contributed by atoms with Gasteiger partial charge < -0.3 is 9.84 Å². The third-order valence-corrected chi connectivity index (χ3v) is 4.79. The number of hydrogen-bond donors (Lipinski definition) is 2. The SMILES string of the molecule is CC1(CNS(=O)(=O)Cc2cccc(CO)c2)CCCO1. The van der Waals surface area contributed by atoms with Crippen molar-refractivity contribution in [3.63, 3.8) is 0 Å². The Balaban J connectivity index is 1.96. The van der Waals surface area contributed by atoms with E-state index in [0.717, 1.165) is 12.8 Å². The van der Waals surface area contributed by atoms with E-state index >= 15 is 0 Å². The predicted molar refractivity (Wildman–Crippen MR) is 76.6 cm³/mol. The first-order valence-corrected chi connectivity index (χ1v) is 8.38. The highest BCUT2D eigenvalue weighted by molar-refractivity contribution is 7.88. The van der Waals surface area contributed by atoms with Gasteiger partial charge in [0.2, 0.25) is 10.0 Å². The van der Waals surface area contributed by atoms with Crippen LogP contribution in [0.1, 0.15) is 30.9 Å². The van der Waals surface area contributed by atoms with Crippen molar-refractivity contribution in [1.29, 1.82) is 0 Å². The van der Waals surface area contributed by atoms with Crippen LogP contribution in [0.3, 0.4) is 0 Å². The summed E-state index contributed by atoms with van der Waals surface area (Å²) in [7, 11) is -3.40. The highest BCUT2D eigenvalue weighted by Gasteiger charge is 2.31. The van der Waals surface area contributed by atoms with Crippen molar-refractivity contribution in [2.45, 2.75) is 37.7 Å². The van der Waals surface area contributed by atoms with E-state index < -0.39 is 10.0 Å². The van der Waals surface area contributed by atoms with Crippen LogP contribution in [-0.4, -0.2) is 32.3 Å². The van der Waals surface area contributed by atoms with E-state index in [2.05, 4.69) is 4.72 Å². The summed E-state index contributed by atoms with van der Waals surface area (Å²) < 4.78 is 32.3. The Morgan fingerprint density at radius 2 is 2.15 bits per heavy atom. The molecule has 1 aromatic carbocycles. The van der Waals surface area contributed by atoms with Crippen molar-refractivity contribution in [1.82, 2.24) is 4.72 Å². The van der Waals surface area contributed by atoms with Crippen LogP contribution < -0.4 is 4.72 Å². The Morgan fingerprint density at radius 1 is 1.40 bits per heavy atom. The quantitative estimate of drug-likeness (QED) is 0.827. The van der Waals surface area contributed by atoms with Gasteiger partial charge in [-0.05, 0) is 30.9 Å². The maximum absolute atomic E-state index is 12.1. The Hall–Kier alpha value is -0.950. The molecule has 0 aromatic heterocycles. The molecule has 0 spiro atoms. The normalized spacial score (nSPS) is 23.1. The molecule has 20 heavy (non-hydrogen) atoms. The fourth-order valence-corrected chi connectivity index (χ4v) is 3.57. The van der Waals surface area contributed by atoms with Crippen molar-refractivity contribution < 1.29 is 18.3 Å². The van der Waals surface area contributed by atoms with E-state index in [9.17, 15) is 8.42 Å². The minimum Gasteiger partial charge on any atom is -0.392 e. The van der Waals surface area contributed by atoms with E-state index in [1.165, 1.54) is 0 Å². The number of hydrogen-bond acceptors (Lipinski definition) is 4. The molecule has 1 unspecified atom stereocenters. The van der Waals surface area contributed by atoms with Gasteiger partial charge in [-0.2, -0.15) is 0 Å². The molecule has 0 bridgehead atoms. The van der Waals surface area contributed by atoms with E-state index in [4.69, 9.17) is 9.84 Å². The lowest BCUT2D eigenvalue weighted by molar-refractivity contribution is 0.0250. The van der Waals surface area contributed by atoms with Gasteiger partial charge in [-0.1, -0.05) is 24.3 Å². The Bertz CT molecular complexity index is 550. The van der Waals surface area contributed by atoms with Gasteiger partial charge in [0.05, 0.1) is 18.0 Å². The summed E-state index contributed by atoms with van der Waals surface area (Å²) in [5, 5.41) is 9.06. The molecule has 112 valence electrons. The highest BCUT2D eigenvalue weighted by atomic mass is 32.2. The van der Waals surface area contributed by atoms with Crippen LogP contribution in [-0.2, 0) is 27.1 Å². The number of aliphatic hydroxyl groups excluding tert-OH is 1. The van der Waals surface area contributed by atoms with Gasteiger partial charge in [0.1, 0.15) is 0 Å². The van der Waals surface area contributed by atoms with Crippen molar-refractivity contribution >= 4 is 10.0 Å². The van der Waals surface area contributed by atoms with E-state index in [1.807, 2.05) is 6.92 Å². The molecule has 6 heteroatoms. The Morgan fingerprint density at radius 3 is 2.80 bits per heavy atom. The first-order chi connectivity index (χ1) is 9.42. The van der Waals surface area contributed by atoms with E-state index in [-0.39, 0.29) is 18.0 Å². The average Bonchev–Trinajstić information content (AvgIpc) is 2.84. The Kier molecular flexibility index (Phi) is 4.80. The summed E-state index contributed by atoms with van der Waals surface area (Å²) in [5.41, 5.74) is 0.991. The number of nitrogens with one attached hydrogen (secondary N) is 1.